The largest absolute Gasteiger partial charge is 0.492 e. The van der Waals surface area contributed by atoms with Crippen molar-refractivity contribution < 1.29 is 13.9 Å². The van der Waals surface area contributed by atoms with Crippen molar-refractivity contribution in [2.24, 2.45) is 0 Å². The first-order valence-electron chi connectivity index (χ1n) is 9.17. The molecule has 0 aliphatic carbocycles. The van der Waals surface area contributed by atoms with E-state index in [1.54, 1.807) is 0 Å². The van der Waals surface area contributed by atoms with E-state index in [9.17, 15) is 4.79 Å². The molecule has 7 heteroatoms. The van der Waals surface area contributed by atoms with Crippen LogP contribution < -0.4 is 10.1 Å². The maximum absolute atomic E-state index is 12.2. The molecule has 1 N–H and O–H groups in total. The quantitative estimate of drug-likeness (QED) is 0.534. The number of ether oxygens (including phenoxy) is 1. The Bertz CT molecular complexity index is 899. The van der Waals surface area contributed by atoms with Crippen LogP contribution in [0.5, 0.6) is 5.75 Å². The third-order valence-corrected chi connectivity index (χ3v) is 4.90. The highest BCUT2D eigenvalue weighted by molar-refractivity contribution is 7.99. The maximum atomic E-state index is 12.2. The second-order valence-corrected chi connectivity index (χ2v) is 7.17. The summed E-state index contributed by atoms with van der Waals surface area (Å²) in [6, 6.07) is 17.5. The summed E-state index contributed by atoms with van der Waals surface area (Å²) in [6.07, 6.45) is 0.658. The molecule has 0 saturated heterocycles. The second-order valence-electron chi connectivity index (χ2n) is 6.24. The second kappa shape index (κ2) is 9.94. The number of rotatable bonds is 9. The van der Waals surface area contributed by atoms with Gasteiger partial charge in [-0.3, -0.25) is 4.79 Å². The molecule has 28 heavy (non-hydrogen) atoms. The standard InChI is InChI=1S/C21H23N3O3S/c1-3-26-18-12-8-7-11-17(18)22-19(25)14-28-21-24-23-20(27-21)13-15(2)16-9-5-4-6-10-16/h4-12,15H,3,13-14H2,1-2H3,(H,22,25). The first-order valence-corrected chi connectivity index (χ1v) is 10.2. The number of carbonyl (C=O) groups is 1. The van der Waals surface area contributed by atoms with Gasteiger partial charge in [-0.2, -0.15) is 0 Å². The highest BCUT2D eigenvalue weighted by Crippen LogP contribution is 2.25. The molecule has 0 aliphatic rings. The summed E-state index contributed by atoms with van der Waals surface area (Å²) in [5.74, 6) is 1.52. The lowest BCUT2D eigenvalue weighted by atomic mass is 9.98. The average molecular weight is 398 g/mol. The summed E-state index contributed by atoms with van der Waals surface area (Å²) in [7, 11) is 0. The van der Waals surface area contributed by atoms with E-state index >= 15 is 0 Å². The molecule has 6 nitrogen and oxygen atoms in total. The fourth-order valence-corrected chi connectivity index (χ4v) is 3.29. The third-order valence-electron chi connectivity index (χ3n) is 4.09. The molecule has 3 rings (SSSR count). The van der Waals surface area contributed by atoms with Gasteiger partial charge in [0.1, 0.15) is 5.75 Å². The topological polar surface area (TPSA) is 77.2 Å². The number of thioether (sulfide) groups is 1. The molecule has 0 fully saturated rings. The number of hydrogen-bond donors (Lipinski definition) is 1. The molecule has 0 spiro atoms. The zero-order valence-corrected chi connectivity index (χ0v) is 16.7. The Morgan fingerprint density at radius 3 is 2.68 bits per heavy atom. The Morgan fingerprint density at radius 2 is 1.89 bits per heavy atom. The van der Waals surface area contributed by atoms with E-state index in [0.29, 0.717) is 35.6 Å². The minimum absolute atomic E-state index is 0.158. The third kappa shape index (κ3) is 5.60. The van der Waals surface area contributed by atoms with Gasteiger partial charge in [0.2, 0.25) is 11.8 Å². The van der Waals surface area contributed by atoms with Crippen molar-refractivity contribution in [1.82, 2.24) is 10.2 Å². The molecule has 1 aromatic heterocycles. The van der Waals surface area contributed by atoms with Crippen molar-refractivity contribution in [1.29, 1.82) is 0 Å². The molecule has 0 saturated carbocycles. The molecule has 2 aromatic carbocycles. The van der Waals surface area contributed by atoms with Crippen molar-refractivity contribution in [2.75, 3.05) is 17.7 Å². The number of hydrogen-bond acceptors (Lipinski definition) is 6. The van der Waals surface area contributed by atoms with Crippen molar-refractivity contribution in [3.8, 4) is 5.75 Å². The molecule has 0 aliphatic heterocycles. The summed E-state index contributed by atoms with van der Waals surface area (Å²) in [5.41, 5.74) is 1.88. The fourth-order valence-electron chi connectivity index (χ4n) is 2.71. The van der Waals surface area contributed by atoms with Crippen molar-refractivity contribution in [3.05, 3.63) is 66.1 Å². The van der Waals surface area contributed by atoms with Gasteiger partial charge in [0, 0.05) is 6.42 Å². The molecular weight excluding hydrogens is 374 g/mol. The number of aromatic nitrogens is 2. The van der Waals surface area contributed by atoms with Crippen LogP contribution in [-0.2, 0) is 11.2 Å². The van der Waals surface area contributed by atoms with Gasteiger partial charge in [0.05, 0.1) is 18.0 Å². The molecule has 1 atom stereocenters. The van der Waals surface area contributed by atoms with Gasteiger partial charge in [0.25, 0.3) is 5.22 Å². The van der Waals surface area contributed by atoms with Gasteiger partial charge in [-0.05, 0) is 30.5 Å². The monoisotopic (exact) mass is 397 g/mol. The number of anilines is 1. The van der Waals surface area contributed by atoms with Crippen LogP contribution in [0.2, 0.25) is 0 Å². The smallest absolute Gasteiger partial charge is 0.277 e. The van der Waals surface area contributed by atoms with Crippen LogP contribution in [0.15, 0.2) is 64.2 Å². The van der Waals surface area contributed by atoms with Gasteiger partial charge >= 0.3 is 0 Å². The molecule has 0 bridgehead atoms. The molecule has 1 heterocycles. The summed E-state index contributed by atoms with van der Waals surface area (Å²) in [4.78, 5) is 12.2. The van der Waals surface area contributed by atoms with E-state index in [2.05, 4.69) is 34.6 Å². The number of benzene rings is 2. The number of para-hydroxylation sites is 2. The van der Waals surface area contributed by atoms with E-state index in [-0.39, 0.29) is 17.6 Å². The van der Waals surface area contributed by atoms with Crippen molar-refractivity contribution >= 4 is 23.4 Å². The first kappa shape index (κ1) is 19.9. The summed E-state index contributed by atoms with van der Waals surface area (Å²) in [5, 5.41) is 11.4. The molecular formula is C21H23N3O3S. The Hall–Kier alpha value is -2.80. The Balaban J connectivity index is 1.51. The molecule has 3 aromatic rings. The van der Waals surface area contributed by atoms with Crippen LogP contribution >= 0.6 is 11.8 Å². The van der Waals surface area contributed by atoms with Gasteiger partial charge in [-0.15, -0.1) is 10.2 Å². The van der Waals surface area contributed by atoms with Crippen LogP contribution in [0.25, 0.3) is 0 Å². The molecule has 0 radical (unpaired) electrons. The van der Waals surface area contributed by atoms with Gasteiger partial charge in [-0.1, -0.05) is 61.2 Å². The Kier molecular flexibility index (Phi) is 7.08. The minimum Gasteiger partial charge on any atom is -0.492 e. The van der Waals surface area contributed by atoms with E-state index in [4.69, 9.17) is 9.15 Å². The van der Waals surface area contributed by atoms with Crippen LogP contribution in [0.1, 0.15) is 31.2 Å². The lowest BCUT2D eigenvalue weighted by Gasteiger charge is -2.10. The average Bonchev–Trinajstić information content (AvgIpc) is 3.16. The molecule has 1 unspecified atom stereocenters. The summed E-state index contributed by atoms with van der Waals surface area (Å²) < 4.78 is 11.2. The van der Waals surface area contributed by atoms with Crippen LogP contribution in [0.3, 0.4) is 0 Å². The van der Waals surface area contributed by atoms with Crippen LogP contribution in [0, 0.1) is 0 Å². The predicted molar refractivity (Wildman–Crippen MR) is 110 cm³/mol. The van der Waals surface area contributed by atoms with E-state index < -0.39 is 0 Å². The van der Waals surface area contributed by atoms with Gasteiger partial charge in [0.15, 0.2) is 0 Å². The number of amides is 1. The van der Waals surface area contributed by atoms with E-state index in [0.717, 1.165) is 0 Å². The highest BCUT2D eigenvalue weighted by atomic mass is 32.2. The SMILES string of the molecule is CCOc1ccccc1NC(=O)CSc1nnc(CC(C)c2ccccc2)o1. The maximum Gasteiger partial charge on any atom is 0.277 e. The van der Waals surface area contributed by atoms with Crippen molar-refractivity contribution in [3.63, 3.8) is 0 Å². The molecule has 146 valence electrons. The normalized spacial score (nSPS) is 11.8. The van der Waals surface area contributed by atoms with Gasteiger partial charge < -0.3 is 14.5 Å². The number of carbonyl (C=O) groups excluding carboxylic acids is 1. The minimum atomic E-state index is -0.158. The number of nitrogens with zero attached hydrogens (tertiary/aromatic N) is 2. The number of nitrogens with one attached hydrogen (secondary N) is 1. The van der Waals surface area contributed by atoms with Crippen LogP contribution in [-0.4, -0.2) is 28.5 Å². The zero-order chi connectivity index (χ0) is 19.8. The van der Waals surface area contributed by atoms with E-state index in [1.165, 1.54) is 17.3 Å². The lowest BCUT2D eigenvalue weighted by Crippen LogP contribution is -2.14. The fraction of sp³-hybridized carbons (Fsp3) is 0.286. The zero-order valence-electron chi connectivity index (χ0n) is 15.9. The van der Waals surface area contributed by atoms with Crippen LogP contribution in [0.4, 0.5) is 5.69 Å². The highest BCUT2D eigenvalue weighted by Gasteiger charge is 2.14. The summed E-state index contributed by atoms with van der Waals surface area (Å²) >= 11 is 1.22. The van der Waals surface area contributed by atoms with E-state index in [1.807, 2.05) is 49.4 Å². The Morgan fingerprint density at radius 1 is 1.14 bits per heavy atom. The Labute approximate surface area is 168 Å². The predicted octanol–water partition coefficient (Wildman–Crippen LogP) is 4.55. The molecule has 1 amide bonds. The first-order chi connectivity index (χ1) is 13.7. The summed E-state index contributed by atoms with van der Waals surface area (Å²) in [6.45, 7) is 4.56. The lowest BCUT2D eigenvalue weighted by molar-refractivity contribution is -0.113. The van der Waals surface area contributed by atoms with Crippen molar-refractivity contribution in [2.45, 2.75) is 31.4 Å². The van der Waals surface area contributed by atoms with Gasteiger partial charge in [-0.25, -0.2) is 0 Å².